The molecule has 1 aliphatic heterocycles. The van der Waals surface area contributed by atoms with E-state index < -0.39 is 18.2 Å². The fourth-order valence-electron chi connectivity index (χ4n) is 2.60. The number of carbonyl (C=O) groups excluding carboxylic acids is 2. The van der Waals surface area contributed by atoms with Gasteiger partial charge in [0.05, 0.1) is 6.10 Å². The predicted molar refractivity (Wildman–Crippen MR) is 82.4 cm³/mol. The molecule has 114 valence electrons. The van der Waals surface area contributed by atoms with Gasteiger partial charge in [0.25, 0.3) is 0 Å². The van der Waals surface area contributed by atoms with Gasteiger partial charge in [-0.15, -0.1) is 0 Å². The zero-order valence-corrected chi connectivity index (χ0v) is 12.0. The SMILES string of the molecule is O=C1NCCN1C(=O)NC[C@@H](O)c1cccc2ccccc12. The normalized spacial score (nSPS) is 15.7. The summed E-state index contributed by atoms with van der Waals surface area (Å²) in [5.74, 6) is 0. The second kappa shape index (κ2) is 6.03. The molecule has 1 heterocycles. The van der Waals surface area contributed by atoms with E-state index in [0.717, 1.165) is 21.2 Å². The van der Waals surface area contributed by atoms with Crippen LogP contribution in [0.25, 0.3) is 10.8 Å². The summed E-state index contributed by atoms with van der Waals surface area (Å²) in [6, 6.07) is 12.5. The Bertz CT molecular complexity index is 711. The number of aliphatic hydroxyl groups is 1. The fourth-order valence-corrected chi connectivity index (χ4v) is 2.60. The molecule has 0 aromatic heterocycles. The maximum atomic E-state index is 11.9. The number of amides is 4. The van der Waals surface area contributed by atoms with E-state index in [4.69, 9.17) is 0 Å². The van der Waals surface area contributed by atoms with Crippen molar-refractivity contribution in [3.05, 3.63) is 48.0 Å². The highest BCUT2D eigenvalue weighted by Crippen LogP contribution is 2.23. The maximum absolute atomic E-state index is 11.9. The first kappa shape index (κ1) is 14.3. The van der Waals surface area contributed by atoms with Crippen LogP contribution in [0.1, 0.15) is 11.7 Å². The van der Waals surface area contributed by atoms with Crippen molar-refractivity contribution in [2.24, 2.45) is 0 Å². The summed E-state index contributed by atoms with van der Waals surface area (Å²) in [7, 11) is 0. The molecule has 1 atom stereocenters. The number of urea groups is 2. The average molecular weight is 299 g/mol. The van der Waals surface area contributed by atoms with Crippen molar-refractivity contribution in [2.75, 3.05) is 19.6 Å². The third-order valence-electron chi connectivity index (χ3n) is 3.73. The van der Waals surface area contributed by atoms with Crippen molar-refractivity contribution in [1.82, 2.24) is 15.5 Å². The average Bonchev–Trinajstić information content (AvgIpc) is 2.98. The molecule has 6 heteroatoms. The Hall–Kier alpha value is -2.60. The van der Waals surface area contributed by atoms with Crippen LogP contribution in [0.2, 0.25) is 0 Å². The van der Waals surface area contributed by atoms with E-state index in [1.54, 1.807) is 0 Å². The monoisotopic (exact) mass is 299 g/mol. The third-order valence-corrected chi connectivity index (χ3v) is 3.73. The van der Waals surface area contributed by atoms with Gasteiger partial charge in [0.15, 0.2) is 0 Å². The lowest BCUT2D eigenvalue weighted by molar-refractivity contribution is 0.166. The smallest absolute Gasteiger partial charge is 0.325 e. The topological polar surface area (TPSA) is 81.7 Å². The van der Waals surface area contributed by atoms with Gasteiger partial charge in [0.2, 0.25) is 0 Å². The van der Waals surface area contributed by atoms with E-state index in [1.165, 1.54) is 0 Å². The van der Waals surface area contributed by atoms with Gasteiger partial charge < -0.3 is 15.7 Å². The number of benzene rings is 2. The summed E-state index contributed by atoms with van der Waals surface area (Å²) in [6.45, 7) is 0.851. The summed E-state index contributed by atoms with van der Waals surface area (Å²) in [5, 5.41) is 17.5. The standard InChI is InChI=1S/C16H17N3O3/c20-14(10-18-16(22)19-9-8-17-15(19)21)13-7-3-5-11-4-1-2-6-12(11)13/h1-7,14,20H,8-10H2,(H,17,21)(H,18,22)/t14-/m1/s1. The highest BCUT2D eigenvalue weighted by atomic mass is 16.3. The van der Waals surface area contributed by atoms with Crippen LogP contribution in [-0.4, -0.2) is 41.7 Å². The molecule has 2 aromatic rings. The molecule has 1 aliphatic rings. The Morgan fingerprint density at radius 3 is 2.82 bits per heavy atom. The number of hydrogen-bond acceptors (Lipinski definition) is 3. The van der Waals surface area contributed by atoms with Gasteiger partial charge in [-0.1, -0.05) is 42.5 Å². The largest absolute Gasteiger partial charge is 0.387 e. The van der Waals surface area contributed by atoms with Crippen LogP contribution in [-0.2, 0) is 0 Å². The molecule has 0 radical (unpaired) electrons. The second-order valence-corrected chi connectivity index (χ2v) is 5.15. The minimum atomic E-state index is -0.833. The molecule has 0 spiro atoms. The van der Waals surface area contributed by atoms with Crippen molar-refractivity contribution < 1.29 is 14.7 Å². The zero-order chi connectivity index (χ0) is 15.5. The highest BCUT2D eigenvalue weighted by molar-refractivity contribution is 5.95. The van der Waals surface area contributed by atoms with Crippen LogP contribution in [0.15, 0.2) is 42.5 Å². The Labute approximate surface area is 127 Å². The lowest BCUT2D eigenvalue weighted by Crippen LogP contribution is -2.43. The number of aliphatic hydroxyl groups excluding tert-OH is 1. The maximum Gasteiger partial charge on any atom is 0.325 e. The van der Waals surface area contributed by atoms with Gasteiger partial charge in [-0.05, 0) is 16.3 Å². The number of imide groups is 1. The zero-order valence-electron chi connectivity index (χ0n) is 12.0. The fraction of sp³-hybridized carbons (Fsp3) is 0.250. The lowest BCUT2D eigenvalue weighted by atomic mass is 10.0. The van der Waals surface area contributed by atoms with Crippen molar-refractivity contribution in [2.45, 2.75) is 6.10 Å². The number of rotatable bonds is 3. The van der Waals surface area contributed by atoms with Crippen LogP contribution in [0.4, 0.5) is 9.59 Å². The van der Waals surface area contributed by atoms with Crippen molar-refractivity contribution in [1.29, 1.82) is 0 Å². The van der Waals surface area contributed by atoms with E-state index in [2.05, 4.69) is 10.6 Å². The molecule has 22 heavy (non-hydrogen) atoms. The number of fused-ring (bicyclic) bond motifs is 1. The number of nitrogens with zero attached hydrogens (tertiary/aromatic N) is 1. The molecule has 6 nitrogen and oxygen atoms in total. The van der Waals surface area contributed by atoms with Crippen LogP contribution in [0.3, 0.4) is 0 Å². The Morgan fingerprint density at radius 1 is 1.27 bits per heavy atom. The minimum absolute atomic E-state index is 0.0522. The first-order valence-electron chi connectivity index (χ1n) is 7.16. The second-order valence-electron chi connectivity index (χ2n) is 5.15. The molecule has 4 amide bonds. The van der Waals surface area contributed by atoms with Gasteiger partial charge in [-0.3, -0.25) is 0 Å². The van der Waals surface area contributed by atoms with Crippen LogP contribution in [0, 0.1) is 0 Å². The predicted octanol–water partition coefficient (Wildman–Crippen LogP) is 1.61. The molecular formula is C16H17N3O3. The number of hydrogen-bond donors (Lipinski definition) is 3. The van der Waals surface area contributed by atoms with Crippen molar-refractivity contribution >= 4 is 22.8 Å². The van der Waals surface area contributed by atoms with E-state index in [9.17, 15) is 14.7 Å². The number of carbonyl (C=O) groups is 2. The van der Waals surface area contributed by atoms with Gasteiger partial charge in [0, 0.05) is 19.6 Å². The molecule has 1 saturated heterocycles. The molecule has 0 aliphatic carbocycles. The van der Waals surface area contributed by atoms with Crippen molar-refractivity contribution in [3.63, 3.8) is 0 Å². The molecule has 0 unspecified atom stereocenters. The molecular weight excluding hydrogens is 282 g/mol. The van der Waals surface area contributed by atoms with Crippen LogP contribution < -0.4 is 10.6 Å². The summed E-state index contributed by atoms with van der Waals surface area (Å²) < 4.78 is 0. The van der Waals surface area contributed by atoms with Gasteiger partial charge in [-0.25, -0.2) is 14.5 Å². The summed E-state index contributed by atoms with van der Waals surface area (Å²) in [6.07, 6.45) is -0.833. The van der Waals surface area contributed by atoms with E-state index >= 15 is 0 Å². The summed E-state index contributed by atoms with van der Waals surface area (Å²) >= 11 is 0. The molecule has 2 aromatic carbocycles. The van der Waals surface area contributed by atoms with E-state index in [1.807, 2.05) is 42.5 Å². The van der Waals surface area contributed by atoms with Gasteiger partial charge >= 0.3 is 12.1 Å². The Balaban J connectivity index is 1.70. The molecule has 0 bridgehead atoms. The Morgan fingerprint density at radius 2 is 2.05 bits per heavy atom. The lowest BCUT2D eigenvalue weighted by Gasteiger charge is -2.17. The van der Waals surface area contributed by atoms with Crippen molar-refractivity contribution in [3.8, 4) is 0 Å². The molecule has 0 saturated carbocycles. The van der Waals surface area contributed by atoms with E-state index in [-0.39, 0.29) is 6.54 Å². The number of nitrogens with one attached hydrogen (secondary N) is 2. The Kier molecular flexibility index (Phi) is 3.93. The van der Waals surface area contributed by atoms with Crippen LogP contribution >= 0.6 is 0 Å². The van der Waals surface area contributed by atoms with Crippen LogP contribution in [0.5, 0.6) is 0 Å². The molecule has 3 N–H and O–H groups in total. The van der Waals surface area contributed by atoms with E-state index in [0.29, 0.717) is 13.1 Å². The summed E-state index contributed by atoms with van der Waals surface area (Å²) in [4.78, 5) is 24.4. The third kappa shape index (κ3) is 2.73. The first-order valence-corrected chi connectivity index (χ1v) is 7.16. The summed E-state index contributed by atoms with van der Waals surface area (Å²) in [5.41, 5.74) is 0.754. The quantitative estimate of drug-likeness (QED) is 0.805. The molecule has 1 fully saturated rings. The molecule has 3 rings (SSSR count). The van der Waals surface area contributed by atoms with Gasteiger partial charge in [0.1, 0.15) is 0 Å². The van der Waals surface area contributed by atoms with Gasteiger partial charge in [-0.2, -0.15) is 0 Å². The highest BCUT2D eigenvalue weighted by Gasteiger charge is 2.26. The first-order chi connectivity index (χ1) is 10.7. The minimum Gasteiger partial charge on any atom is -0.387 e.